The molecule has 0 atom stereocenters. The lowest BCUT2D eigenvalue weighted by atomic mass is 9.87. The van der Waals surface area contributed by atoms with Crippen LogP contribution in [0.15, 0.2) is 24.3 Å². The smallest absolute Gasteiger partial charge is 0.308 e. The molecule has 0 radical (unpaired) electrons. The van der Waals surface area contributed by atoms with Crippen LogP contribution in [0.5, 0.6) is 5.75 Å². The van der Waals surface area contributed by atoms with Gasteiger partial charge in [-0.15, -0.1) is 0 Å². The van der Waals surface area contributed by atoms with Crippen LogP contribution in [0.3, 0.4) is 0 Å². The van der Waals surface area contributed by atoms with E-state index in [9.17, 15) is 14.4 Å². The highest BCUT2D eigenvalue weighted by molar-refractivity contribution is 5.95. The molecule has 0 bridgehead atoms. The third-order valence-corrected chi connectivity index (χ3v) is 5.45. The molecule has 3 rings (SSSR count). The topological polar surface area (TPSA) is 75.7 Å². The minimum atomic E-state index is -0.414. The SMILES string of the molecule is CC(=O)Oc1cccc(C(=O)NC2CCN(C(=O)C3CCCCC3)CC2)c1. The number of esters is 1. The second kappa shape index (κ2) is 9.02. The summed E-state index contributed by atoms with van der Waals surface area (Å²) in [5.74, 6) is 0.272. The lowest BCUT2D eigenvalue weighted by Crippen LogP contribution is -2.48. The summed E-state index contributed by atoms with van der Waals surface area (Å²) in [7, 11) is 0. The van der Waals surface area contributed by atoms with Crippen molar-refractivity contribution in [3.8, 4) is 5.75 Å². The summed E-state index contributed by atoms with van der Waals surface area (Å²) in [6, 6.07) is 6.67. The summed E-state index contributed by atoms with van der Waals surface area (Å²) in [5, 5.41) is 3.04. The average Bonchev–Trinajstić information content (AvgIpc) is 2.68. The lowest BCUT2D eigenvalue weighted by molar-refractivity contribution is -0.137. The Morgan fingerprint density at radius 2 is 1.74 bits per heavy atom. The quantitative estimate of drug-likeness (QED) is 0.651. The molecule has 0 unspecified atom stereocenters. The molecule has 1 aliphatic heterocycles. The zero-order chi connectivity index (χ0) is 19.2. The van der Waals surface area contributed by atoms with Crippen molar-refractivity contribution < 1.29 is 19.1 Å². The molecule has 6 nitrogen and oxygen atoms in total. The van der Waals surface area contributed by atoms with Gasteiger partial charge in [0.1, 0.15) is 5.75 Å². The van der Waals surface area contributed by atoms with E-state index in [1.54, 1.807) is 24.3 Å². The van der Waals surface area contributed by atoms with Gasteiger partial charge >= 0.3 is 5.97 Å². The molecule has 27 heavy (non-hydrogen) atoms. The Balaban J connectivity index is 1.49. The Morgan fingerprint density at radius 1 is 1.04 bits per heavy atom. The van der Waals surface area contributed by atoms with Crippen LogP contribution in [0, 0.1) is 5.92 Å². The van der Waals surface area contributed by atoms with E-state index in [0.29, 0.717) is 30.3 Å². The van der Waals surface area contributed by atoms with Gasteiger partial charge in [-0.05, 0) is 43.9 Å². The minimum absolute atomic E-state index is 0.0605. The molecule has 1 heterocycles. The molecular formula is C21H28N2O4. The first-order chi connectivity index (χ1) is 13.0. The summed E-state index contributed by atoms with van der Waals surface area (Å²) in [6.07, 6.45) is 7.16. The Morgan fingerprint density at radius 3 is 2.41 bits per heavy atom. The van der Waals surface area contributed by atoms with Crippen LogP contribution in [0.2, 0.25) is 0 Å². The van der Waals surface area contributed by atoms with Gasteiger partial charge in [0.2, 0.25) is 5.91 Å². The highest BCUT2D eigenvalue weighted by Gasteiger charge is 2.29. The van der Waals surface area contributed by atoms with E-state index >= 15 is 0 Å². The van der Waals surface area contributed by atoms with Gasteiger partial charge in [-0.2, -0.15) is 0 Å². The summed E-state index contributed by atoms with van der Waals surface area (Å²) in [6.45, 7) is 2.73. The van der Waals surface area contributed by atoms with Gasteiger partial charge in [0.15, 0.2) is 0 Å². The number of carbonyl (C=O) groups is 3. The van der Waals surface area contributed by atoms with Crippen molar-refractivity contribution in [1.82, 2.24) is 10.2 Å². The standard InChI is InChI=1S/C21H28N2O4/c1-15(24)27-19-9-5-8-17(14-19)20(25)22-18-10-12-23(13-11-18)21(26)16-6-3-2-4-7-16/h5,8-9,14,16,18H,2-4,6-7,10-13H2,1H3,(H,22,25). The van der Waals surface area contributed by atoms with E-state index in [0.717, 1.165) is 38.5 Å². The number of benzene rings is 1. The van der Waals surface area contributed by atoms with Crippen molar-refractivity contribution in [3.63, 3.8) is 0 Å². The van der Waals surface area contributed by atoms with E-state index in [1.807, 2.05) is 4.90 Å². The van der Waals surface area contributed by atoms with Crippen LogP contribution in [0.4, 0.5) is 0 Å². The molecule has 2 aliphatic rings. The molecule has 1 aliphatic carbocycles. The predicted octanol–water partition coefficient (Wildman–Crippen LogP) is 2.91. The van der Waals surface area contributed by atoms with Gasteiger partial charge in [0.05, 0.1) is 0 Å². The first kappa shape index (κ1) is 19.4. The van der Waals surface area contributed by atoms with Gasteiger partial charge in [0, 0.05) is 37.5 Å². The normalized spacial score (nSPS) is 18.8. The summed E-state index contributed by atoms with van der Waals surface area (Å²) >= 11 is 0. The molecule has 1 saturated carbocycles. The molecule has 6 heteroatoms. The number of amides is 2. The van der Waals surface area contributed by atoms with Crippen molar-refractivity contribution in [2.75, 3.05) is 13.1 Å². The van der Waals surface area contributed by atoms with Crippen molar-refractivity contribution in [2.45, 2.75) is 57.9 Å². The van der Waals surface area contributed by atoms with Gasteiger partial charge in [-0.25, -0.2) is 0 Å². The maximum atomic E-state index is 12.6. The Bertz CT molecular complexity index is 689. The molecule has 1 aromatic carbocycles. The van der Waals surface area contributed by atoms with E-state index in [2.05, 4.69) is 5.32 Å². The van der Waals surface area contributed by atoms with Crippen LogP contribution in [0.25, 0.3) is 0 Å². The van der Waals surface area contributed by atoms with Crippen LogP contribution in [-0.2, 0) is 9.59 Å². The number of carbonyl (C=O) groups excluding carboxylic acids is 3. The maximum Gasteiger partial charge on any atom is 0.308 e. The first-order valence-corrected chi connectivity index (χ1v) is 9.91. The molecule has 0 aromatic heterocycles. The van der Waals surface area contributed by atoms with Gasteiger partial charge in [-0.1, -0.05) is 25.3 Å². The fourth-order valence-electron chi connectivity index (χ4n) is 3.99. The summed E-state index contributed by atoms with van der Waals surface area (Å²) < 4.78 is 5.03. The van der Waals surface area contributed by atoms with Crippen LogP contribution < -0.4 is 10.1 Å². The minimum Gasteiger partial charge on any atom is -0.427 e. The number of nitrogens with zero attached hydrogens (tertiary/aromatic N) is 1. The monoisotopic (exact) mass is 372 g/mol. The second-order valence-electron chi connectivity index (χ2n) is 7.53. The van der Waals surface area contributed by atoms with E-state index in [1.165, 1.54) is 13.3 Å². The molecule has 1 aromatic rings. The van der Waals surface area contributed by atoms with Crippen LogP contribution in [0.1, 0.15) is 62.2 Å². The predicted molar refractivity (Wildman–Crippen MR) is 101 cm³/mol. The van der Waals surface area contributed by atoms with Gasteiger partial charge in [0.25, 0.3) is 5.91 Å². The number of rotatable bonds is 4. The molecule has 1 saturated heterocycles. The number of likely N-dealkylation sites (tertiary alicyclic amines) is 1. The Kier molecular flexibility index (Phi) is 6.48. The number of ether oxygens (including phenoxy) is 1. The number of hydrogen-bond acceptors (Lipinski definition) is 4. The highest BCUT2D eigenvalue weighted by atomic mass is 16.5. The maximum absolute atomic E-state index is 12.6. The number of hydrogen-bond donors (Lipinski definition) is 1. The van der Waals surface area contributed by atoms with E-state index < -0.39 is 5.97 Å². The molecule has 2 amide bonds. The van der Waals surface area contributed by atoms with Crippen molar-refractivity contribution >= 4 is 17.8 Å². The van der Waals surface area contributed by atoms with E-state index in [-0.39, 0.29) is 17.9 Å². The lowest BCUT2D eigenvalue weighted by Gasteiger charge is -2.35. The second-order valence-corrected chi connectivity index (χ2v) is 7.53. The fraction of sp³-hybridized carbons (Fsp3) is 0.571. The van der Waals surface area contributed by atoms with Crippen molar-refractivity contribution in [1.29, 1.82) is 0 Å². The zero-order valence-electron chi connectivity index (χ0n) is 15.9. The fourth-order valence-corrected chi connectivity index (χ4v) is 3.99. The van der Waals surface area contributed by atoms with Crippen LogP contribution in [-0.4, -0.2) is 41.8 Å². The molecule has 0 spiro atoms. The highest BCUT2D eigenvalue weighted by Crippen LogP contribution is 2.26. The molecule has 2 fully saturated rings. The first-order valence-electron chi connectivity index (χ1n) is 9.91. The summed E-state index contributed by atoms with van der Waals surface area (Å²) in [5.41, 5.74) is 0.467. The Hall–Kier alpha value is -2.37. The van der Waals surface area contributed by atoms with Crippen molar-refractivity contribution in [3.05, 3.63) is 29.8 Å². The number of piperidine rings is 1. The van der Waals surface area contributed by atoms with E-state index in [4.69, 9.17) is 4.74 Å². The van der Waals surface area contributed by atoms with Crippen molar-refractivity contribution in [2.24, 2.45) is 5.92 Å². The molecule has 1 N–H and O–H groups in total. The van der Waals surface area contributed by atoms with Gasteiger partial charge < -0.3 is 15.0 Å². The Labute approximate surface area is 160 Å². The third-order valence-electron chi connectivity index (χ3n) is 5.45. The molecular weight excluding hydrogens is 344 g/mol. The third kappa shape index (κ3) is 5.31. The largest absolute Gasteiger partial charge is 0.427 e. The van der Waals surface area contributed by atoms with Crippen LogP contribution >= 0.6 is 0 Å². The summed E-state index contributed by atoms with van der Waals surface area (Å²) in [4.78, 5) is 38.1. The zero-order valence-corrected chi connectivity index (χ0v) is 15.9. The van der Waals surface area contributed by atoms with Gasteiger partial charge in [-0.3, -0.25) is 14.4 Å². The number of nitrogens with one attached hydrogen (secondary N) is 1. The molecule has 146 valence electrons. The average molecular weight is 372 g/mol.